The van der Waals surface area contributed by atoms with E-state index >= 15 is 0 Å². The molecule has 0 radical (unpaired) electrons. The fourth-order valence-corrected chi connectivity index (χ4v) is 8.26. The molecule has 0 bridgehead atoms. The first kappa shape index (κ1) is 36.1. The molecule has 2 fully saturated rings. The number of carbonyl (C=O) groups excluding carboxylic acids is 1. The first-order chi connectivity index (χ1) is 23.5. The number of allylic oxidation sites excluding steroid dienone is 1. The topological polar surface area (TPSA) is 110 Å². The predicted molar refractivity (Wildman–Crippen MR) is 187 cm³/mol. The van der Waals surface area contributed by atoms with Crippen molar-refractivity contribution in [1.82, 2.24) is 4.90 Å². The number of unbranched alkanes of at least 4 members (excludes halogenated alkanes) is 2. The SMILES string of the molecule is C=CCOc1ccc2c(c1)C1C(CCCCO)C(CCCCO)C=C3C(=NOCC)CC(N(CCC)C(=O)C4CC4)C(OCC=C)(O2)C31. The Morgan fingerprint density at radius 1 is 1.08 bits per heavy atom. The van der Waals surface area contributed by atoms with Gasteiger partial charge in [-0.05, 0) is 87.5 Å². The molecule has 6 unspecified atom stereocenters. The van der Waals surface area contributed by atoms with Crippen molar-refractivity contribution in [2.45, 2.75) is 95.8 Å². The van der Waals surface area contributed by atoms with Gasteiger partial charge in [-0.25, -0.2) is 0 Å². The molecule has 0 aromatic heterocycles. The van der Waals surface area contributed by atoms with Crippen molar-refractivity contribution in [1.29, 1.82) is 0 Å². The van der Waals surface area contributed by atoms with Gasteiger partial charge in [0.25, 0.3) is 0 Å². The fourth-order valence-electron chi connectivity index (χ4n) is 8.26. The summed E-state index contributed by atoms with van der Waals surface area (Å²) in [5.41, 5.74) is 2.95. The lowest BCUT2D eigenvalue weighted by molar-refractivity contribution is -0.257. The van der Waals surface area contributed by atoms with E-state index in [0.29, 0.717) is 26.2 Å². The summed E-state index contributed by atoms with van der Waals surface area (Å²) in [6.45, 7) is 13.8. The summed E-state index contributed by atoms with van der Waals surface area (Å²) in [5.74, 6) is 0.483. The molecule has 3 aliphatic carbocycles. The van der Waals surface area contributed by atoms with Gasteiger partial charge < -0.3 is 34.2 Å². The maximum atomic E-state index is 14.1. The Bertz CT molecular complexity index is 1320. The third kappa shape index (κ3) is 7.53. The zero-order valence-electron chi connectivity index (χ0n) is 29.0. The molecule has 48 heavy (non-hydrogen) atoms. The minimum atomic E-state index is -1.20. The highest BCUT2D eigenvalue weighted by molar-refractivity contribution is 6.03. The normalized spacial score (nSPS) is 28.0. The van der Waals surface area contributed by atoms with Crippen LogP contribution in [0.15, 0.2) is 60.3 Å². The number of rotatable bonds is 20. The van der Waals surface area contributed by atoms with Crippen molar-refractivity contribution in [3.63, 3.8) is 0 Å². The van der Waals surface area contributed by atoms with Crippen LogP contribution in [0.2, 0.25) is 0 Å². The molecule has 1 heterocycles. The number of carbonyl (C=O) groups is 1. The highest BCUT2D eigenvalue weighted by Crippen LogP contribution is 2.62. The number of nitrogens with zero attached hydrogens (tertiary/aromatic N) is 2. The molecule has 2 saturated carbocycles. The Labute approximate surface area is 286 Å². The number of amides is 1. The van der Waals surface area contributed by atoms with Gasteiger partial charge >= 0.3 is 0 Å². The lowest BCUT2D eigenvalue weighted by Crippen LogP contribution is -2.70. The predicted octanol–water partition coefficient (Wildman–Crippen LogP) is 6.55. The van der Waals surface area contributed by atoms with Crippen molar-refractivity contribution in [2.24, 2.45) is 28.8 Å². The highest BCUT2D eigenvalue weighted by atomic mass is 16.7. The van der Waals surface area contributed by atoms with E-state index in [0.717, 1.165) is 86.1 Å². The van der Waals surface area contributed by atoms with E-state index in [9.17, 15) is 15.0 Å². The number of hydrogen-bond donors (Lipinski definition) is 2. The first-order valence-corrected chi connectivity index (χ1v) is 18.2. The van der Waals surface area contributed by atoms with E-state index in [-0.39, 0.29) is 55.3 Å². The van der Waals surface area contributed by atoms with Crippen LogP contribution in [0.3, 0.4) is 0 Å². The average molecular weight is 665 g/mol. The minimum absolute atomic E-state index is 0.0296. The van der Waals surface area contributed by atoms with Crippen LogP contribution >= 0.6 is 0 Å². The molecule has 1 aliphatic heterocycles. The molecular weight excluding hydrogens is 608 g/mol. The summed E-state index contributed by atoms with van der Waals surface area (Å²) in [6.07, 6.45) is 14.0. The Balaban J connectivity index is 1.76. The van der Waals surface area contributed by atoms with Gasteiger partial charge in [0.2, 0.25) is 11.7 Å². The van der Waals surface area contributed by atoms with Crippen LogP contribution in [0.5, 0.6) is 11.5 Å². The molecule has 6 atom stereocenters. The molecule has 4 aliphatic rings. The van der Waals surface area contributed by atoms with Gasteiger partial charge in [-0.15, -0.1) is 6.58 Å². The fraction of sp³-hybridized carbons (Fsp3) is 0.641. The largest absolute Gasteiger partial charge is 0.490 e. The maximum absolute atomic E-state index is 14.1. The molecule has 1 aromatic rings. The van der Waals surface area contributed by atoms with Gasteiger partial charge in [-0.3, -0.25) is 4.79 Å². The summed E-state index contributed by atoms with van der Waals surface area (Å²) in [4.78, 5) is 21.9. The van der Waals surface area contributed by atoms with Crippen LogP contribution in [-0.4, -0.2) is 78.1 Å². The van der Waals surface area contributed by atoms with E-state index in [1.807, 2.05) is 24.0 Å². The Kier molecular flexibility index (Phi) is 12.8. The highest BCUT2D eigenvalue weighted by Gasteiger charge is 2.65. The van der Waals surface area contributed by atoms with Gasteiger partial charge in [-0.1, -0.05) is 49.7 Å². The number of hydrogen-bond acceptors (Lipinski definition) is 8. The minimum Gasteiger partial charge on any atom is -0.490 e. The van der Waals surface area contributed by atoms with Crippen molar-refractivity contribution < 1.29 is 34.1 Å². The van der Waals surface area contributed by atoms with Crippen molar-refractivity contribution >= 4 is 11.6 Å². The molecule has 5 rings (SSSR count). The van der Waals surface area contributed by atoms with Gasteiger partial charge in [0, 0.05) is 43.6 Å². The average Bonchev–Trinajstić information content (AvgIpc) is 3.95. The van der Waals surface area contributed by atoms with Crippen LogP contribution < -0.4 is 9.47 Å². The third-order valence-electron chi connectivity index (χ3n) is 10.4. The van der Waals surface area contributed by atoms with E-state index in [1.165, 1.54) is 0 Å². The van der Waals surface area contributed by atoms with Crippen molar-refractivity contribution in [2.75, 3.05) is 39.6 Å². The number of aliphatic hydroxyl groups is 2. The number of aliphatic hydroxyl groups excluding tert-OH is 2. The van der Waals surface area contributed by atoms with Crippen LogP contribution in [-0.2, 0) is 14.4 Å². The number of fused-ring (bicyclic) bond motifs is 2. The molecule has 1 amide bonds. The Morgan fingerprint density at radius 2 is 1.83 bits per heavy atom. The number of oxime groups is 1. The first-order valence-electron chi connectivity index (χ1n) is 18.2. The maximum Gasteiger partial charge on any atom is 0.239 e. The van der Waals surface area contributed by atoms with Gasteiger partial charge in [-0.2, -0.15) is 0 Å². The monoisotopic (exact) mass is 664 g/mol. The molecule has 264 valence electrons. The third-order valence-corrected chi connectivity index (χ3v) is 10.4. The number of ether oxygens (including phenoxy) is 3. The quantitative estimate of drug-likeness (QED) is 0.0924. The summed E-state index contributed by atoms with van der Waals surface area (Å²) < 4.78 is 20.3. The molecular formula is C39H56N2O7. The van der Waals surface area contributed by atoms with Gasteiger partial charge in [0.15, 0.2) is 0 Å². The zero-order chi connectivity index (χ0) is 34.1. The smallest absolute Gasteiger partial charge is 0.239 e. The zero-order valence-corrected chi connectivity index (χ0v) is 29.0. The van der Waals surface area contributed by atoms with Crippen LogP contribution in [0.1, 0.15) is 89.5 Å². The van der Waals surface area contributed by atoms with Crippen LogP contribution in [0.25, 0.3) is 0 Å². The lowest BCUT2D eigenvalue weighted by Gasteiger charge is -2.60. The van der Waals surface area contributed by atoms with Crippen LogP contribution in [0, 0.1) is 23.7 Å². The summed E-state index contributed by atoms with van der Waals surface area (Å²) in [5, 5.41) is 24.2. The lowest BCUT2D eigenvalue weighted by atomic mass is 9.55. The van der Waals surface area contributed by atoms with Gasteiger partial charge in [0.05, 0.1) is 18.2 Å². The van der Waals surface area contributed by atoms with Gasteiger partial charge in [0.1, 0.15) is 30.8 Å². The van der Waals surface area contributed by atoms with E-state index in [1.54, 1.807) is 12.2 Å². The standard InChI is InChI=1S/C39H56N2O7/c1-5-19-41(38(44)27-15-16-27)35-26-33(40-47-8-4)31-24-28(13-9-11-20-42)30(14-10-12-21-43)36-32-25-29(45-22-6-2)17-18-34(32)48-39(35,37(31)36)46-23-7-3/h6-7,17-18,24-25,27-28,30,35-37,42-43H,2-3,5,8-16,19-23,26H2,1,4H3. The molecule has 2 N–H and O–H groups in total. The van der Waals surface area contributed by atoms with E-state index in [2.05, 4.69) is 32.2 Å². The second-order valence-electron chi connectivity index (χ2n) is 13.6. The van der Waals surface area contributed by atoms with E-state index < -0.39 is 11.8 Å². The number of benzene rings is 1. The molecule has 0 saturated heterocycles. The Morgan fingerprint density at radius 3 is 2.50 bits per heavy atom. The molecule has 9 nitrogen and oxygen atoms in total. The second kappa shape index (κ2) is 17.0. The molecule has 9 heteroatoms. The molecule has 0 spiro atoms. The Hall–Kier alpha value is -3.14. The second-order valence-corrected chi connectivity index (χ2v) is 13.6. The summed E-state index contributed by atoms with van der Waals surface area (Å²) >= 11 is 0. The van der Waals surface area contributed by atoms with Crippen molar-refractivity contribution in [3.05, 3.63) is 60.7 Å². The van der Waals surface area contributed by atoms with Crippen molar-refractivity contribution in [3.8, 4) is 11.5 Å². The summed E-state index contributed by atoms with van der Waals surface area (Å²) in [7, 11) is 0. The van der Waals surface area contributed by atoms with Crippen LogP contribution in [0.4, 0.5) is 0 Å². The molecule has 1 aromatic carbocycles. The summed E-state index contributed by atoms with van der Waals surface area (Å²) in [6, 6.07) is 5.58. The van der Waals surface area contributed by atoms with E-state index in [4.69, 9.17) is 24.2 Å².